The van der Waals surface area contributed by atoms with E-state index in [1.807, 2.05) is 29.2 Å². The van der Waals surface area contributed by atoms with E-state index < -0.39 is 0 Å². The fraction of sp³-hybridized carbons (Fsp3) is 0.533. The molecule has 1 aliphatic rings. The van der Waals surface area contributed by atoms with Gasteiger partial charge in [-0.25, -0.2) is 4.98 Å². The van der Waals surface area contributed by atoms with E-state index in [0.29, 0.717) is 13.0 Å². The summed E-state index contributed by atoms with van der Waals surface area (Å²) in [6.45, 7) is 4.62. The van der Waals surface area contributed by atoms with E-state index in [4.69, 9.17) is 9.72 Å². The number of hydrogen-bond donors (Lipinski definition) is 0. The third kappa shape index (κ3) is 6.65. The molecule has 2 heterocycles. The van der Waals surface area contributed by atoms with Gasteiger partial charge in [0.2, 0.25) is 5.91 Å². The summed E-state index contributed by atoms with van der Waals surface area (Å²) >= 11 is 0. The maximum absolute atomic E-state index is 12.9. The Morgan fingerprint density at radius 1 is 0.914 bits per heavy atom. The number of likely N-dealkylation sites (tertiary alicyclic amines) is 1. The maximum atomic E-state index is 12.9. The molecule has 0 bridgehead atoms. The van der Waals surface area contributed by atoms with Crippen LogP contribution in [0.5, 0.6) is 5.75 Å². The first-order valence-corrected chi connectivity index (χ1v) is 13.6. The summed E-state index contributed by atoms with van der Waals surface area (Å²) in [5.74, 6) is 2.28. The van der Waals surface area contributed by atoms with Crippen molar-refractivity contribution in [2.24, 2.45) is 0 Å². The minimum atomic E-state index is 0.145. The molecular weight excluding hydrogens is 434 g/mol. The van der Waals surface area contributed by atoms with Crippen LogP contribution in [-0.2, 0) is 17.9 Å². The standard InChI is InChI=1S/C30H41N3O2/c1-3-4-5-6-7-8-9-10-13-20-33-28-15-12-11-14-27(28)31-30(33)25-21-29(34)32(23-25)22-24-16-18-26(35-2)19-17-24/h11-12,14-19,25H,3-10,13,20-23H2,1-2H3. The summed E-state index contributed by atoms with van der Waals surface area (Å²) < 4.78 is 7.65. The van der Waals surface area contributed by atoms with Gasteiger partial charge in [0.25, 0.3) is 0 Å². The van der Waals surface area contributed by atoms with Crippen molar-refractivity contribution < 1.29 is 9.53 Å². The molecule has 1 fully saturated rings. The van der Waals surface area contributed by atoms with Crippen LogP contribution in [0.15, 0.2) is 48.5 Å². The Labute approximate surface area is 210 Å². The Hall–Kier alpha value is -2.82. The largest absolute Gasteiger partial charge is 0.497 e. The molecule has 0 spiro atoms. The molecule has 1 unspecified atom stereocenters. The Balaban J connectivity index is 1.36. The van der Waals surface area contributed by atoms with E-state index in [9.17, 15) is 4.79 Å². The first kappa shape index (κ1) is 25.3. The second-order valence-electron chi connectivity index (χ2n) is 9.96. The smallest absolute Gasteiger partial charge is 0.223 e. The summed E-state index contributed by atoms with van der Waals surface area (Å²) in [4.78, 5) is 19.9. The number of unbranched alkanes of at least 4 members (excludes halogenated alkanes) is 8. The fourth-order valence-corrected chi connectivity index (χ4v) is 5.27. The van der Waals surface area contributed by atoms with Crippen LogP contribution < -0.4 is 4.74 Å². The molecule has 35 heavy (non-hydrogen) atoms. The van der Waals surface area contributed by atoms with Crippen LogP contribution in [-0.4, -0.2) is 34.0 Å². The predicted octanol–water partition coefficient (Wildman–Crippen LogP) is 7.09. The molecule has 4 rings (SSSR count). The molecule has 0 N–H and O–H groups in total. The lowest BCUT2D eigenvalue weighted by atomic mass is 10.1. The molecule has 1 saturated heterocycles. The summed E-state index contributed by atoms with van der Waals surface area (Å²) in [5, 5.41) is 0. The zero-order chi connectivity index (χ0) is 24.5. The molecule has 1 aliphatic heterocycles. The number of amides is 1. The van der Waals surface area contributed by atoms with Crippen LogP contribution in [0.2, 0.25) is 0 Å². The second kappa shape index (κ2) is 12.8. The van der Waals surface area contributed by atoms with Crippen molar-refractivity contribution in [1.82, 2.24) is 14.5 Å². The van der Waals surface area contributed by atoms with Crippen molar-refractivity contribution in [1.29, 1.82) is 0 Å². The van der Waals surface area contributed by atoms with E-state index >= 15 is 0 Å². The highest BCUT2D eigenvalue weighted by Gasteiger charge is 2.33. The lowest BCUT2D eigenvalue weighted by Crippen LogP contribution is -2.24. The highest BCUT2D eigenvalue weighted by atomic mass is 16.5. The van der Waals surface area contributed by atoms with Gasteiger partial charge in [-0.15, -0.1) is 0 Å². The Morgan fingerprint density at radius 2 is 1.60 bits per heavy atom. The Morgan fingerprint density at radius 3 is 2.31 bits per heavy atom. The number of fused-ring (bicyclic) bond motifs is 1. The van der Waals surface area contributed by atoms with Crippen molar-refractivity contribution in [2.45, 2.75) is 90.1 Å². The number of hydrogen-bond acceptors (Lipinski definition) is 3. The predicted molar refractivity (Wildman–Crippen MR) is 143 cm³/mol. The molecule has 5 heteroatoms. The van der Waals surface area contributed by atoms with Gasteiger partial charge in [0.1, 0.15) is 11.6 Å². The minimum absolute atomic E-state index is 0.145. The zero-order valence-electron chi connectivity index (χ0n) is 21.5. The monoisotopic (exact) mass is 475 g/mol. The number of methoxy groups -OCH3 is 1. The molecule has 188 valence electrons. The molecule has 5 nitrogen and oxygen atoms in total. The van der Waals surface area contributed by atoms with Crippen LogP contribution in [0.25, 0.3) is 11.0 Å². The van der Waals surface area contributed by atoms with Crippen molar-refractivity contribution in [2.75, 3.05) is 13.7 Å². The molecule has 1 amide bonds. The van der Waals surface area contributed by atoms with Crippen LogP contribution in [0, 0.1) is 0 Å². The van der Waals surface area contributed by atoms with Gasteiger partial charge in [-0.05, 0) is 36.2 Å². The van der Waals surface area contributed by atoms with Gasteiger partial charge < -0.3 is 14.2 Å². The van der Waals surface area contributed by atoms with E-state index in [-0.39, 0.29) is 11.8 Å². The van der Waals surface area contributed by atoms with E-state index in [0.717, 1.165) is 35.7 Å². The maximum Gasteiger partial charge on any atom is 0.223 e. The molecule has 1 atom stereocenters. The molecule has 0 aliphatic carbocycles. The van der Waals surface area contributed by atoms with Gasteiger partial charge in [0.15, 0.2) is 0 Å². The highest BCUT2D eigenvalue weighted by Crippen LogP contribution is 2.32. The average Bonchev–Trinajstić information content (AvgIpc) is 3.43. The minimum Gasteiger partial charge on any atom is -0.497 e. The summed E-state index contributed by atoms with van der Waals surface area (Å²) in [7, 11) is 1.67. The first-order valence-electron chi connectivity index (χ1n) is 13.6. The van der Waals surface area contributed by atoms with E-state index in [1.54, 1.807) is 7.11 Å². The van der Waals surface area contributed by atoms with Crippen molar-refractivity contribution in [3.8, 4) is 5.75 Å². The summed E-state index contributed by atoms with van der Waals surface area (Å²) in [6.07, 6.45) is 12.4. The normalized spacial score (nSPS) is 15.9. The van der Waals surface area contributed by atoms with Gasteiger partial charge in [-0.1, -0.05) is 82.6 Å². The van der Waals surface area contributed by atoms with E-state index in [1.165, 1.54) is 63.3 Å². The quantitative estimate of drug-likeness (QED) is 0.234. The van der Waals surface area contributed by atoms with Crippen LogP contribution >= 0.6 is 0 Å². The number of imidazole rings is 1. The third-order valence-electron chi connectivity index (χ3n) is 7.28. The molecule has 0 radical (unpaired) electrons. The molecular formula is C30H41N3O2. The first-order chi connectivity index (χ1) is 17.2. The van der Waals surface area contributed by atoms with Gasteiger partial charge >= 0.3 is 0 Å². The van der Waals surface area contributed by atoms with Crippen molar-refractivity contribution >= 4 is 16.9 Å². The lowest BCUT2D eigenvalue weighted by Gasteiger charge is -2.18. The van der Waals surface area contributed by atoms with Gasteiger partial charge in [0.05, 0.1) is 18.1 Å². The third-order valence-corrected chi connectivity index (χ3v) is 7.28. The number of para-hydroxylation sites is 2. The molecule has 3 aromatic rings. The van der Waals surface area contributed by atoms with Crippen LogP contribution in [0.4, 0.5) is 0 Å². The molecule has 2 aromatic carbocycles. The van der Waals surface area contributed by atoms with Gasteiger partial charge in [-0.3, -0.25) is 4.79 Å². The Bertz CT molecular complexity index is 1070. The fourth-order valence-electron chi connectivity index (χ4n) is 5.27. The number of ether oxygens (including phenoxy) is 1. The molecule has 1 aromatic heterocycles. The van der Waals surface area contributed by atoms with E-state index in [2.05, 4.69) is 35.8 Å². The lowest BCUT2D eigenvalue weighted by molar-refractivity contribution is -0.128. The second-order valence-corrected chi connectivity index (χ2v) is 9.96. The average molecular weight is 476 g/mol. The number of aryl methyl sites for hydroxylation is 1. The number of rotatable bonds is 14. The number of benzene rings is 2. The Kier molecular flexibility index (Phi) is 9.21. The summed E-state index contributed by atoms with van der Waals surface area (Å²) in [6, 6.07) is 16.4. The van der Waals surface area contributed by atoms with Gasteiger partial charge in [0, 0.05) is 32.0 Å². The number of aromatic nitrogens is 2. The zero-order valence-corrected chi connectivity index (χ0v) is 21.5. The van der Waals surface area contributed by atoms with Gasteiger partial charge in [-0.2, -0.15) is 0 Å². The van der Waals surface area contributed by atoms with Crippen LogP contribution in [0.1, 0.15) is 88.4 Å². The number of nitrogens with zero attached hydrogens (tertiary/aromatic N) is 3. The topological polar surface area (TPSA) is 47.4 Å². The van der Waals surface area contributed by atoms with Crippen molar-refractivity contribution in [3.63, 3.8) is 0 Å². The number of carbonyl (C=O) groups is 1. The number of carbonyl (C=O) groups excluding carboxylic acids is 1. The highest BCUT2D eigenvalue weighted by molar-refractivity contribution is 5.81. The summed E-state index contributed by atoms with van der Waals surface area (Å²) in [5.41, 5.74) is 3.37. The van der Waals surface area contributed by atoms with Crippen molar-refractivity contribution in [3.05, 3.63) is 59.9 Å². The SMILES string of the molecule is CCCCCCCCCCCn1c(C2CC(=O)N(Cc3ccc(OC)cc3)C2)nc2ccccc21. The van der Waals surface area contributed by atoms with Crippen LogP contribution in [0.3, 0.4) is 0 Å². The molecule has 0 saturated carbocycles.